The number of halogens is 1. The molecular weight excluding hydrogens is 377 g/mol. The molecule has 0 unspecified atom stereocenters. The number of aliphatic imine (C=N–C) groups is 1. The second kappa shape index (κ2) is 7.09. The van der Waals surface area contributed by atoms with Crippen LogP contribution in [0.2, 0.25) is 0 Å². The second-order valence-electron chi connectivity index (χ2n) is 9.23. The first kappa shape index (κ1) is 18.4. The van der Waals surface area contributed by atoms with Crippen LogP contribution in [-0.2, 0) is 11.2 Å². The van der Waals surface area contributed by atoms with Crippen molar-refractivity contribution in [3.8, 4) is 0 Å². The number of benzene rings is 2. The molecule has 0 saturated carbocycles. The molecule has 5 heterocycles. The Morgan fingerprint density at radius 1 is 1.00 bits per heavy atom. The number of hydrogen-bond donors (Lipinski definition) is 0. The van der Waals surface area contributed by atoms with Gasteiger partial charge in [0.25, 0.3) is 6.02 Å². The van der Waals surface area contributed by atoms with E-state index in [4.69, 9.17) is 9.73 Å². The molecule has 3 saturated heterocycles. The topological polar surface area (TPSA) is 28.1 Å². The zero-order chi connectivity index (χ0) is 20.1. The quantitative estimate of drug-likeness (QED) is 0.718. The van der Waals surface area contributed by atoms with E-state index in [1.54, 1.807) is 12.1 Å². The highest BCUT2D eigenvalue weighted by Gasteiger charge is 2.51. The fraction of sp³-hybridized carbons (Fsp3) is 0.480. The van der Waals surface area contributed by atoms with E-state index in [0.717, 1.165) is 44.1 Å². The number of rotatable bonds is 1. The van der Waals surface area contributed by atoms with E-state index in [0.29, 0.717) is 5.92 Å². The number of ether oxygens (including phenoxy) is 1. The normalized spacial score (nSPS) is 32.5. The summed E-state index contributed by atoms with van der Waals surface area (Å²) in [7, 11) is 0. The summed E-state index contributed by atoms with van der Waals surface area (Å²) in [6.07, 6.45) is 4.46. The van der Waals surface area contributed by atoms with Gasteiger partial charge in [-0.1, -0.05) is 36.4 Å². The van der Waals surface area contributed by atoms with Crippen LogP contribution in [-0.4, -0.2) is 54.1 Å². The summed E-state index contributed by atoms with van der Waals surface area (Å²) in [5.74, 6) is 0.432. The molecule has 156 valence electrons. The monoisotopic (exact) mass is 405 g/mol. The van der Waals surface area contributed by atoms with Gasteiger partial charge in [-0.2, -0.15) is 0 Å². The fourth-order valence-corrected chi connectivity index (χ4v) is 6.06. The minimum atomic E-state index is -0.202. The molecule has 0 radical (unpaired) electrons. The third-order valence-electron chi connectivity index (χ3n) is 7.61. The molecule has 5 aliphatic heterocycles. The van der Waals surface area contributed by atoms with Gasteiger partial charge >= 0.3 is 0 Å². The molecule has 30 heavy (non-hydrogen) atoms. The summed E-state index contributed by atoms with van der Waals surface area (Å²) in [6, 6.07) is 16.3. The summed E-state index contributed by atoms with van der Waals surface area (Å²) in [4.78, 5) is 9.77. The van der Waals surface area contributed by atoms with Crippen molar-refractivity contribution >= 4 is 6.02 Å². The molecule has 0 aromatic heterocycles. The fourth-order valence-electron chi connectivity index (χ4n) is 6.06. The van der Waals surface area contributed by atoms with Crippen molar-refractivity contribution in [2.24, 2.45) is 10.9 Å². The number of nitrogens with zero attached hydrogens (tertiary/aromatic N) is 3. The van der Waals surface area contributed by atoms with Crippen LogP contribution in [0, 0.1) is 11.7 Å². The Balaban J connectivity index is 1.37. The smallest absolute Gasteiger partial charge is 0.288 e. The third-order valence-corrected chi connectivity index (χ3v) is 7.61. The average molecular weight is 406 g/mol. The summed E-state index contributed by atoms with van der Waals surface area (Å²) in [5, 5.41) is 0. The van der Waals surface area contributed by atoms with Crippen molar-refractivity contribution in [1.82, 2.24) is 9.80 Å². The minimum absolute atomic E-state index is 0.00512. The first-order valence-corrected chi connectivity index (χ1v) is 11.3. The van der Waals surface area contributed by atoms with Gasteiger partial charge in [0.05, 0.1) is 6.04 Å². The summed E-state index contributed by atoms with van der Waals surface area (Å²) >= 11 is 0. The van der Waals surface area contributed by atoms with Crippen molar-refractivity contribution in [1.29, 1.82) is 0 Å². The van der Waals surface area contributed by atoms with E-state index < -0.39 is 0 Å². The van der Waals surface area contributed by atoms with Crippen molar-refractivity contribution < 1.29 is 9.13 Å². The number of hydrogen-bond acceptors (Lipinski definition) is 4. The largest absolute Gasteiger partial charge is 0.457 e. The summed E-state index contributed by atoms with van der Waals surface area (Å²) in [5.41, 5.74) is 3.63. The molecule has 4 nitrogen and oxygen atoms in total. The van der Waals surface area contributed by atoms with E-state index in [1.165, 1.54) is 37.1 Å². The van der Waals surface area contributed by atoms with Crippen LogP contribution in [0.5, 0.6) is 0 Å². The van der Waals surface area contributed by atoms with Crippen LogP contribution in [0.1, 0.15) is 42.0 Å². The molecule has 0 aliphatic carbocycles. The van der Waals surface area contributed by atoms with Gasteiger partial charge in [0.2, 0.25) is 0 Å². The van der Waals surface area contributed by atoms with Crippen molar-refractivity contribution in [2.75, 3.05) is 32.7 Å². The lowest BCUT2D eigenvalue weighted by Gasteiger charge is -2.55. The highest BCUT2D eigenvalue weighted by molar-refractivity contribution is 5.77. The van der Waals surface area contributed by atoms with Crippen molar-refractivity contribution in [3.63, 3.8) is 0 Å². The molecule has 2 aromatic rings. The van der Waals surface area contributed by atoms with Crippen LogP contribution >= 0.6 is 0 Å². The van der Waals surface area contributed by atoms with E-state index >= 15 is 0 Å². The lowest BCUT2D eigenvalue weighted by atomic mass is 9.73. The van der Waals surface area contributed by atoms with Crippen LogP contribution in [0.25, 0.3) is 0 Å². The van der Waals surface area contributed by atoms with E-state index in [9.17, 15) is 4.39 Å². The Hall–Kier alpha value is -2.40. The van der Waals surface area contributed by atoms with Crippen molar-refractivity contribution in [3.05, 3.63) is 71.0 Å². The Kier molecular flexibility index (Phi) is 4.34. The third kappa shape index (κ3) is 2.94. The standard InChI is InChI=1S/C25H28FN3O/c26-21-7-5-19(6-8-21)23-22-4-2-1-3-18(22)9-16-29(23)24-27-13-12-25(30-24)17-28-14-10-20(25)11-15-28/h1-8,20,23H,9-17H2/t23-,25-/m0/s1. The molecule has 1 spiro atoms. The van der Waals surface area contributed by atoms with Crippen LogP contribution in [0.3, 0.4) is 0 Å². The zero-order valence-corrected chi connectivity index (χ0v) is 17.3. The Morgan fingerprint density at radius 3 is 2.57 bits per heavy atom. The Morgan fingerprint density at radius 2 is 1.80 bits per heavy atom. The van der Waals surface area contributed by atoms with Gasteiger partial charge < -0.3 is 9.64 Å². The summed E-state index contributed by atoms with van der Waals surface area (Å²) in [6.45, 7) is 5.13. The number of piperidine rings is 3. The predicted molar refractivity (Wildman–Crippen MR) is 115 cm³/mol. The first-order valence-electron chi connectivity index (χ1n) is 11.3. The number of fused-ring (bicyclic) bond motifs is 3. The van der Waals surface area contributed by atoms with Gasteiger partial charge in [0.15, 0.2) is 0 Å². The highest BCUT2D eigenvalue weighted by Crippen LogP contribution is 2.44. The molecule has 2 aromatic carbocycles. The Bertz CT molecular complexity index is 967. The van der Waals surface area contributed by atoms with Gasteiger partial charge in [0, 0.05) is 32.0 Å². The van der Waals surface area contributed by atoms with Gasteiger partial charge in [-0.25, -0.2) is 9.38 Å². The SMILES string of the molecule is Fc1ccc([C@H]2c3ccccc3CCN2C2=NCC[C@@]3(CN4CCC3CC4)O2)cc1. The number of amidine groups is 1. The van der Waals surface area contributed by atoms with Crippen LogP contribution in [0.4, 0.5) is 4.39 Å². The molecular formula is C25H28FN3O. The second-order valence-corrected chi connectivity index (χ2v) is 9.23. The summed E-state index contributed by atoms with van der Waals surface area (Å²) < 4.78 is 20.5. The molecule has 5 aliphatic rings. The highest BCUT2D eigenvalue weighted by atomic mass is 19.1. The predicted octanol–water partition coefficient (Wildman–Crippen LogP) is 4.01. The van der Waals surface area contributed by atoms with E-state index in [1.807, 2.05) is 12.1 Å². The lowest BCUT2D eigenvalue weighted by molar-refractivity contribution is -0.118. The van der Waals surface area contributed by atoms with Gasteiger partial charge in [0.1, 0.15) is 11.4 Å². The molecule has 0 amide bonds. The molecule has 2 bridgehead atoms. The van der Waals surface area contributed by atoms with Gasteiger partial charge in [-0.05, 0) is 61.2 Å². The van der Waals surface area contributed by atoms with E-state index in [-0.39, 0.29) is 17.5 Å². The van der Waals surface area contributed by atoms with E-state index in [2.05, 4.69) is 34.1 Å². The maximum Gasteiger partial charge on any atom is 0.288 e. The van der Waals surface area contributed by atoms with Gasteiger partial charge in [-0.3, -0.25) is 4.90 Å². The maximum absolute atomic E-state index is 13.7. The molecule has 2 atom stereocenters. The maximum atomic E-state index is 13.7. The average Bonchev–Trinajstić information content (AvgIpc) is 2.80. The molecule has 7 rings (SSSR count). The Labute approximate surface area is 177 Å². The molecule has 3 fully saturated rings. The minimum Gasteiger partial charge on any atom is -0.457 e. The van der Waals surface area contributed by atoms with Crippen LogP contribution in [0.15, 0.2) is 53.5 Å². The van der Waals surface area contributed by atoms with Crippen molar-refractivity contribution in [2.45, 2.75) is 37.3 Å². The first-order chi connectivity index (χ1) is 14.7. The van der Waals surface area contributed by atoms with Gasteiger partial charge in [-0.15, -0.1) is 0 Å². The lowest BCUT2D eigenvalue weighted by Crippen LogP contribution is -2.63. The molecule has 5 heteroatoms. The van der Waals surface area contributed by atoms with Crippen LogP contribution < -0.4 is 0 Å². The molecule has 0 N–H and O–H groups in total. The zero-order valence-electron chi connectivity index (χ0n) is 17.3.